The fourth-order valence-corrected chi connectivity index (χ4v) is 5.64. The van der Waals surface area contributed by atoms with Crippen molar-refractivity contribution in [2.75, 3.05) is 13.1 Å². The fraction of sp³-hybridized carbons (Fsp3) is 0.636. The summed E-state index contributed by atoms with van der Waals surface area (Å²) in [6, 6.07) is 10.5. The minimum atomic E-state index is -0.176. The largest absolute Gasteiger partial charge is 0.341 e. The van der Waals surface area contributed by atoms with Crippen molar-refractivity contribution in [1.29, 1.82) is 0 Å². The SMILES string of the molecule is O=C([C@@H]1C2CCC(CC2)N1C(=O)[C@@H]1C[C@H]1c1ccccc1)N1CCCC1. The molecule has 26 heavy (non-hydrogen) atoms. The molecular weight excluding hydrogens is 324 g/mol. The molecule has 4 nitrogen and oxygen atoms in total. The summed E-state index contributed by atoms with van der Waals surface area (Å²) in [5.74, 6) is 1.32. The standard InChI is InChI=1S/C22H28N2O2/c25-21(19-14-18(19)15-6-2-1-3-7-15)24-17-10-8-16(9-11-17)20(24)22(26)23-12-4-5-13-23/h1-3,6-7,16-20H,4-5,8-14H2/t16?,17?,18-,19+,20-/m0/s1. The van der Waals surface area contributed by atoms with Gasteiger partial charge in [0.05, 0.1) is 0 Å². The highest BCUT2D eigenvalue weighted by atomic mass is 16.2. The Hall–Kier alpha value is -1.84. The summed E-state index contributed by atoms with van der Waals surface area (Å²) >= 11 is 0. The third-order valence-corrected chi connectivity index (χ3v) is 7.14. The Morgan fingerprint density at radius 1 is 0.885 bits per heavy atom. The number of hydrogen-bond donors (Lipinski definition) is 0. The van der Waals surface area contributed by atoms with Gasteiger partial charge < -0.3 is 9.80 Å². The van der Waals surface area contributed by atoms with Crippen LogP contribution in [0.15, 0.2) is 30.3 Å². The molecule has 6 rings (SSSR count). The Kier molecular flexibility index (Phi) is 4.02. The van der Waals surface area contributed by atoms with E-state index in [0.717, 1.165) is 58.0 Å². The number of fused-ring (bicyclic) bond motifs is 3. The van der Waals surface area contributed by atoms with Gasteiger partial charge in [0, 0.05) is 25.0 Å². The van der Waals surface area contributed by atoms with Crippen LogP contribution in [-0.4, -0.2) is 46.8 Å². The molecule has 4 heteroatoms. The van der Waals surface area contributed by atoms with Gasteiger partial charge in [0.2, 0.25) is 11.8 Å². The summed E-state index contributed by atoms with van der Waals surface area (Å²) in [7, 11) is 0. The number of hydrogen-bond acceptors (Lipinski definition) is 2. The third kappa shape index (κ3) is 2.65. The lowest BCUT2D eigenvalue weighted by atomic mass is 9.73. The molecule has 138 valence electrons. The lowest BCUT2D eigenvalue weighted by molar-refractivity contribution is -0.159. The Morgan fingerprint density at radius 2 is 1.58 bits per heavy atom. The van der Waals surface area contributed by atoms with Crippen molar-refractivity contribution in [3.63, 3.8) is 0 Å². The van der Waals surface area contributed by atoms with E-state index in [-0.39, 0.29) is 23.8 Å². The van der Waals surface area contributed by atoms with Crippen molar-refractivity contribution in [3.8, 4) is 0 Å². The molecule has 3 aliphatic heterocycles. The van der Waals surface area contributed by atoms with Crippen LogP contribution in [0, 0.1) is 11.8 Å². The van der Waals surface area contributed by atoms with E-state index in [9.17, 15) is 9.59 Å². The van der Waals surface area contributed by atoms with Gasteiger partial charge in [-0.2, -0.15) is 0 Å². The number of likely N-dealkylation sites (tertiary alicyclic amines) is 1. The number of rotatable bonds is 3. The summed E-state index contributed by atoms with van der Waals surface area (Å²) in [6.07, 6.45) is 7.57. The van der Waals surface area contributed by atoms with Crippen LogP contribution in [0.1, 0.15) is 56.4 Å². The quantitative estimate of drug-likeness (QED) is 0.838. The molecule has 0 aromatic heterocycles. The summed E-state index contributed by atoms with van der Waals surface area (Å²) in [4.78, 5) is 30.7. The number of carbonyl (C=O) groups is 2. The van der Waals surface area contributed by atoms with Gasteiger partial charge in [0.15, 0.2) is 0 Å². The minimum absolute atomic E-state index is 0.0885. The molecule has 2 aliphatic carbocycles. The third-order valence-electron chi connectivity index (χ3n) is 7.14. The molecule has 2 bridgehead atoms. The zero-order valence-electron chi connectivity index (χ0n) is 15.3. The lowest BCUT2D eigenvalue weighted by Gasteiger charge is -2.51. The molecule has 0 unspecified atom stereocenters. The number of carbonyl (C=O) groups excluding carboxylic acids is 2. The van der Waals surface area contributed by atoms with Crippen molar-refractivity contribution in [2.24, 2.45) is 11.8 Å². The maximum atomic E-state index is 13.4. The predicted octanol–water partition coefficient (Wildman–Crippen LogP) is 3.18. The average molecular weight is 352 g/mol. The van der Waals surface area contributed by atoms with Gasteiger partial charge >= 0.3 is 0 Å². The zero-order chi connectivity index (χ0) is 17.7. The Labute approximate surface area is 155 Å². The van der Waals surface area contributed by atoms with Crippen molar-refractivity contribution >= 4 is 11.8 Å². The molecule has 1 aromatic carbocycles. The van der Waals surface area contributed by atoms with Crippen LogP contribution >= 0.6 is 0 Å². The lowest BCUT2D eigenvalue weighted by Crippen LogP contribution is -2.63. The predicted molar refractivity (Wildman–Crippen MR) is 99.5 cm³/mol. The highest BCUT2D eigenvalue weighted by Crippen LogP contribution is 2.51. The average Bonchev–Trinajstić information content (AvgIpc) is 3.32. The second-order valence-electron chi connectivity index (χ2n) is 8.65. The molecule has 0 spiro atoms. The van der Waals surface area contributed by atoms with Gasteiger partial charge in [-0.05, 0) is 62.3 Å². The zero-order valence-corrected chi connectivity index (χ0v) is 15.3. The van der Waals surface area contributed by atoms with Gasteiger partial charge in [-0.3, -0.25) is 9.59 Å². The maximum absolute atomic E-state index is 13.4. The van der Waals surface area contributed by atoms with Crippen molar-refractivity contribution in [2.45, 2.75) is 62.9 Å². The molecule has 3 heterocycles. The number of amides is 2. The molecule has 5 aliphatic rings. The fourth-order valence-electron chi connectivity index (χ4n) is 5.64. The van der Waals surface area contributed by atoms with E-state index >= 15 is 0 Å². The second kappa shape index (κ2) is 6.40. The molecule has 0 N–H and O–H groups in total. The first kappa shape index (κ1) is 16.3. The smallest absolute Gasteiger partial charge is 0.245 e. The van der Waals surface area contributed by atoms with Crippen LogP contribution in [0.4, 0.5) is 0 Å². The van der Waals surface area contributed by atoms with Crippen LogP contribution in [-0.2, 0) is 9.59 Å². The van der Waals surface area contributed by atoms with Crippen LogP contribution in [0.25, 0.3) is 0 Å². The second-order valence-corrected chi connectivity index (χ2v) is 8.65. The van der Waals surface area contributed by atoms with E-state index < -0.39 is 0 Å². The highest BCUT2D eigenvalue weighted by Gasteiger charge is 2.54. The van der Waals surface area contributed by atoms with E-state index in [2.05, 4.69) is 29.2 Å². The molecule has 0 radical (unpaired) electrons. The first-order valence-corrected chi connectivity index (χ1v) is 10.4. The molecule has 3 atom stereocenters. The molecular formula is C22H28N2O2. The summed E-state index contributed by atoms with van der Waals surface area (Å²) < 4.78 is 0. The number of benzene rings is 1. The number of piperidine rings is 2. The molecule has 3 saturated heterocycles. The van der Waals surface area contributed by atoms with Crippen molar-refractivity contribution in [1.82, 2.24) is 9.80 Å². The van der Waals surface area contributed by atoms with E-state index in [1.807, 2.05) is 11.0 Å². The van der Waals surface area contributed by atoms with Crippen LogP contribution in [0.2, 0.25) is 0 Å². The van der Waals surface area contributed by atoms with E-state index in [0.29, 0.717) is 17.9 Å². The monoisotopic (exact) mass is 352 g/mol. The van der Waals surface area contributed by atoms with E-state index in [4.69, 9.17) is 0 Å². The summed E-state index contributed by atoms with van der Waals surface area (Å²) in [5.41, 5.74) is 1.27. The highest BCUT2D eigenvalue weighted by molar-refractivity contribution is 5.91. The molecule has 2 amide bonds. The number of nitrogens with zero attached hydrogens (tertiary/aromatic N) is 2. The first-order chi connectivity index (χ1) is 12.7. The maximum Gasteiger partial charge on any atom is 0.245 e. The molecule has 2 saturated carbocycles. The Bertz CT molecular complexity index is 689. The summed E-state index contributed by atoms with van der Waals surface area (Å²) in [6.45, 7) is 1.76. The topological polar surface area (TPSA) is 40.6 Å². The Morgan fingerprint density at radius 3 is 2.27 bits per heavy atom. The van der Waals surface area contributed by atoms with Gasteiger partial charge in [-0.25, -0.2) is 0 Å². The van der Waals surface area contributed by atoms with Gasteiger partial charge in [0.25, 0.3) is 0 Å². The van der Waals surface area contributed by atoms with E-state index in [1.54, 1.807) is 0 Å². The molecule has 1 aromatic rings. The Balaban J connectivity index is 1.37. The first-order valence-electron chi connectivity index (χ1n) is 10.4. The van der Waals surface area contributed by atoms with Gasteiger partial charge in [-0.1, -0.05) is 30.3 Å². The van der Waals surface area contributed by atoms with E-state index in [1.165, 1.54) is 5.56 Å². The van der Waals surface area contributed by atoms with Crippen molar-refractivity contribution < 1.29 is 9.59 Å². The van der Waals surface area contributed by atoms with Crippen LogP contribution < -0.4 is 0 Å². The van der Waals surface area contributed by atoms with Gasteiger partial charge in [0.1, 0.15) is 6.04 Å². The normalized spacial score (nSPS) is 35.6. The minimum Gasteiger partial charge on any atom is -0.341 e. The van der Waals surface area contributed by atoms with Crippen LogP contribution in [0.3, 0.4) is 0 Å². The summed E-state index contributed by atoms with van der Waals surface area (Å²) in [5, 5.41) is 0. The van der Waals surface area contributed by atoms with Gasteiger partial charge in [-0.15, -0.1) is 0 Å². The van der Waals surface area contributed by atoms with Crippen LogP contribution in [0.5, 0.6) is 0 Å². The molecule has 5 fully saturated rings. The van der Waals surface area contributed by atoms with Crippen molar-refractivity contribution in [3.05, 3.63) is 35.9 Å².